The Balaban J connectivity index is 1.76. The number of β-lactam (4-membered cyclic amide) rings is 1. The van der Waals surface area contributed by atoms with E-state index < -0.39 is 17.7 Å². The lowest BCUT2D eigenvalue weighted by Crippen LogP contribution is -2.49. The maximum Gasteiger partial charge on any atom is 0.408 e. The number of aromatic nitrogens is 1. The molecule has 1 aromatic heterocycles. The summed E-state index contributed by atoms with van der Waals surface area (Å²) in [5.41, 5.74) is 0.0211. The minimum Gasteiger partial charge on any atom is -0.444 e. The smallest absolute Gasteiger partial charge is 0.408 e. The first-order valence-corrected chi connectivity index (χ1v) is 9.34. The number of hydrogen-bond donors (Lipinski definition) is 1. The zero-order chi connectivity index (χ0) is 19.1. The van der Waals surface area contributed by atoms with Gasteiger partial charge in [0.15, 0.2) is 0 Å². The predicted molar refractivity (Wildman–Crippen MR) is 98.5 cm³/mol. The number of fused-ring (bicyclic) bond motifs is 1. The number of alkyl carbamates (subject to hydrolysis) is 1. The molecule has 1 atom stereocenters. The van der Waals surface area contributed by atoms with Crippen molar-refractivity contribution < 1.29 is 19.1 Å². The van der Waals surface area contributed by atoms with Gasteiger partial charge in [-0.15, -0.1) is 11.8 Å². The van der Waals surface area contributed by atoms with Crippen LogP contribution in [0.25, 0.3) is 0 Å². The van der Waals surface area contributed by atoms with E-state index in [1.165, 1.54) is 16.7 Å². The number of hydrogen-bond acceptors (Lipinski definition) is 6. The summed E-state index contributed by atoms with van der Waals surface area (Å²) in [5.74, 6) is 0.765. The van der Waals surface area contributed by atoms with Gasteiger partial charge in [-0.25, -0.2) is 9.78 Å². The minimum absolute atomic E-state index is 0.0463. The molecule has 26 heavy (non-hydrogen) atoms. The first kappa shape index (κ1) is 18.5. The summed E-state index contributed by atoms with van der Waals surface area (Å²) < 4.78 is 5.24. The third-order valence-corrected chi connectivity index (χ3v) is 5.18. The molecular formula is C17H22N4O4S. The number of amides is 3. The van der Waals surface area contributed by atoms with Crippen molar-refractivity contribution in [2.24, 2.45) is 0 Å². The van der Waals surface area contributed by atoms with Gasteiger partial charge in [0.1, 0.15) is 17.5 Å². The molecule has 0 spiro atoms. The number of rotatable bonds is 2. The van der Waals surface area contributed by atoms with E-state index in [4.69, 9.17) is 4.74 Å². The molecule has 0 aliphatic carbocycles. The molecule has 0 bridgehead atoms. The van der Waals surface area contributed by atoms with E-state index in [1.54, 1.807) is 38.9 Å². The van der Waals surface area contributed by atoms with Crippen LogP contribution >= 0.6 is 11.8 Å². The van der Waals surface area contributed by atoms with Gasteiger partial charge in [0.05, 0.1) is 11.9 Å². The molecule has 140 valence electrons. The van der Waals surface area contributed by atoms with Crippen molar-refractivity contribution >= 4 is 41.2 Å². The number of ether oxygens (including phenoxy) is 1. The first-order chi connectivity index (χ1) is 12.2. The summed E-state index contributed by atoms with van der Waals surface area (Å²) in [4.78, 5) is 44.6. The highest BCUT2D eigenvalue weighted by molar-refractivity contribution is 7.99. The highest BCUT2D eigenvalue weighted by Gasteiger charge is 2.33. The summed E-state index contributed by atoms with van der Waals surface area (Å²) in [6.45, 7) is 5.96. The largest absolute Gasteiger partial charge is 0.444 e. The van der Waals surface area contributed by atoms with Crippen LogP contribution in [0.2, 0.25) is 0 Å². The number of anilines is 2. The van der Waals surface area contributed by atoms with Crippen molar-refractivity contribution in [2.45, 2.75) is 43.7 Å². The molecular weight excluding hydrogens is 356 g/mol. The van der Waals surface area contributed by atoms with Gasteiger partial charge in [0, 0.05) is 30.7 Å². The molecule has 0 radical (unpaired) electrons. The van der Waals surface area contributed by atoms with Crippen molar-refractivity contribution in [3.05, 3.63) is 12.3 Å². The Hall–Kier alpha value is -2.29. The van der Waals surface area contributed by atoms with Gasteiger partial charge in [-0.3, -0.25) is 14.5 Å². The van der Waals surface area contributed by atoms with E-state index in [9.17, 15) is 14.4 Å². The molecule has 1 aromatic rings. The summed E-state index contributed by atoms with van der Waals surface area (Å²) >= 11 is 1.44. The van der Waals surface area contributed by atoms with Gasteiger partial charge in [-0.2, -0.15) is 0 Å². The SMILES string of the molecule is CN1C(=O)[C@@H](NC(=O)OC(C)(C)C)CSc2cc(N3CCC3=O)ncc21. The molecule has 1 N–H and O–H groups in total. The Kier molecular flexibility index (Phi) is 4.83. The third-order valence-electron chi connectivity index (χ3n) is 4.05. The molecule has 0 aromatic carbocycles. The monoisotopic (exact) mass is 378 g/mol. The predicted octanol–water partition coefficient (Wildman–Crippen LogP) is 1.78. The fourth-order valence-corrected chi connectivity index (χ4v) is 3.74. The maximum atomic E-state index is 12.7. The van der Waals surface area contributed by atoms with Crippen molar-refractivity contribution in [3.63, 3.8) is 0 Å². The second-order valence-electron chi connectivity index (χ2n) is 7.21. The number of nitrogens with one attached hydrogen (secondary N) is 1. The lowest BCUT2D eigenvalue weighted by atomic mass is 10.2. The second-order valence-corrected chi connectivity index (χ2v) is 8.27. The van der Waals surface area contributed by atoms with E-state index in [2.05, 4.69) is 10.3 Å². The van der Waals surface area contributed by atoms with Crippen LogP contribution in [-0.2, 0) is 14.3 Å². The average molecular weight is 378 g/mol. The number of likely N-dealkylation sites (N-methyl/N-ethyl adjacent to an activating group) is 1. The first-order valence-electron chi connectivity index (χ1n) is 8.36. The van der Waals surface area contributed by atoms with Crippen molar-refractivity contribution in [2.75, 3.05) is 29.1 Å². The molecule has 3 heterocycles. The van der Waals surface area contributed by atoms with Gasteiger partial charge in [0.25, 0.3) is 0 Å². The zero-order valence-electron chi connectivity index (χ0n) is 15.2. The average Bonchev–Trinajstić information content (AvgIpc) is 2.64. The molecule has 2 aliphatic heterocycles. The van der Waals surface area contributed by atoms with Crippen LogP contribution < -0.4 is 15.1 Å². The van der Waals surface area contributed by atoms with Crippen LogP contribution in [0.15, 0.2) is 17.2 Å². The molecule has 3 rings (SSSR count). The Morgan fingerprint density at radius 3 is 2.69 bits per heavy atom. The van der Waals surface area contributed by atoms with Gasteiger partial charge < -0.3 is 15.0 Å². The summed E-state index contributed by atoms with van der Waals surface area (Å²) in [7, 11) is 1.65. The lowest BCUT2D eigenvalue weighted by molar-refractivity contribution is -0.122. The molecule has 0 unspecified atom stereocenters. The molecule has 1 fully saturated rings. The summed E-state index contributed by atoms with van der Waals surface area (Å²) in [6.07, 6.45) is 1.50. The summed E-state index contributed by atoms with van der Waals surface area (Å²) in [5, 5.41) is 2.64. The van der Waals surface area contributed by atoms with E-state index in [0.717, 1.165) is 4.90 Å². The fourth-order valence-electron chi connectivity index (χ4n) is 2.64. The summed E-state index contributed by atoms with van der Waals surface area (Å²) in [6, 6.07) is 1.11. The zero-order valence-corrected chi connectivity index (χ0v) is 16.1. The Bertz CT molecular complexity index is 762. The van der Waals surface area contributed by atoms with Crippen molar-refractivity contribution in [1.82, 2.24) is 10.3 Å². The normalized spacial score (nSPS) is 20.2. The van der Waals surface area contributed by atoms with Gasteiger partial charge >= 0.3 is 6.09 Å². The maximum absolute atomic E-state index is 12.7. The van der Waals surface area contributed by atoms with Gasteiger partial charge in [0.2, 0.25) is 11.8 Å². The lowest BCUT2D eigenvalue weighted by Gasteiger charge is -2.30. The van der Waals surface area contributed by atoms with E-state index in [-0.39, 0.29) is 11.8 Å². The van der Waals surface area contributed by atoms with Crippen LogP contribution in [0.1, 0.15) is 27.2 Å². The highest BCUT2D eigenvalue weighted by Crippen LogP contribution is 2.36. The molecule has 1 saturated heterocycles. The van der Waals surface area contributed by atoms with Crippen LogP contribution in [0.4, 0.5) is 16.3 Å². The highest BCUT2D eigenvalue weighted by atomic mass is 32.2. The van der Waals surface area contributed by atoms with E-state index in [0.29, 0.717) is 30.2 Å². The molecule has 3 amide bonds. The Morgan fingerprint density at radius 2 is 2.12 bits per heavy atom. The Morgan fingerprint density at radius 1 is 1.38 bits per heavy atom. The van der Waals surface area contributed by atoms with E-state index in [1.807, 2.05) is 6.07 Å². The number of thioether (sulfide) groups is 1. The number of carbonyl (C=O) groups is 3. The molecule has 9 heteroatoms. The quantitative estimate of drug-likeness (QED) is 0.789. The van der Waals surface area contributed by atoms with Gasteiger partial charge in [-0.05, 0) is 26.8 Å². The van der Waals surface area contributed by atoms with Crippen molar-refractivity contribution in [1.29, 1.82) is 0 Å². The molecule has 8 nitrogen and oxygen atoms in total. The van der Waals surface area contributed by atoms with Crippen LogP contribution in [0, 0.1) is 0 Å². The van der Waals surface area contributed by atoms with Crippen LogP contribution in [-0.4, -0.2) is 53.9 Å². The Labute approximate surface area is 156 Å². The molecule has 2 aliphatic rings. The number of carbonyl (C=O) groups excluding carboxylic acids is 3. The van der Waals surface area contributed by atoms with Crippen molar-refractivity contribution in [3.8, 4) is 0 Å². The van der Waals surface area contributed by atoms with Crippen LogP contribution in [0.5, 0.6) is 0 Å². The van der Waals surface area contributed by atoms with Gasteiger partial charge in [-0.1, -0.05) is 0 Å². The number of nitrogens with zero attached hydrogens (tertiary/aromatic N) is 3. The standard InChI is InChI=1S/C17H22N4O4S/c1-17(2,3)25-16(24)19-10-9-26-12-7-13(21-6-5-14(21)22)18-8-11(12)20(4)15(10)23/h7-8,10H,5-6,9H2,1-4H3,(H,19,24)/t10-/m0/s1. The van der Waals surface area contributed by atoms with Crippen LogP contribution in [0.3, 0.4) is 0 Å². The van der Waals surface area contributed by atoms with E-state index >= 15 is 0 Å². The number of pyridine rings is 1. The third kappa shape index (κ3) is 3.77. The topological polar surface area (TPSA) is 91.8 Å². The molecule has 0 saturated carbocycles. The fraction of sp³-hybridized carbons (Fsp3) is 0.529. The minimum atomic E-state index is -0.707. The second kappa shape index (κ2) is 6.79.